The molecule has 1 aromatic carbocycles. The van der Waals surface area contributed by atoms with Crippen molar-refractivity contribution in [3.63, 3.8) is 0 Å². The quantitative estimate of drug-likeness (QED) is 0.0899. The zero-order chi connectivity index (χ0) is 28.8. The SMILES string of the molecule is C/C=C\C(=C/CC)C(=O)C[NH2+]C[C@H](OC(=O)C(NC(=O)OCCOC)c1ccccc1)C(CC)CC.CBr. The Hall–Kier alpha value is -2.49. The van der Waals surface area contributed by atoms with Crippen LogP contribution in [0.15, 0.2) is 54.1 Å². The number of quaternary nitrogens is 1. The number of alkyl halides is 1. The summed E-state index contributed by atoms with van der Waals surface area (Å²) in [5.74, 6) is 1.40. The van der Waals surface area contributed by atoms with Gasteiger partial charge in [0.1, 0.15) is 19.7 Å². The van der Waals surface area contributed by atoms with Crippen LogP contribution in [-0.2, 0) is 23.8 Å². The molecular formula is C29H46BrN2O6+. The molecule has 0 aliphatic rings. The van der Waals surface area contributed by atoms with E-state index in [1.54, 1.807) is 24.3 Å². The van der Waals surface area contributed by atoms with Crippen molar-refractivity contribution in [3.8, 4) is 0 Å². The maximum Gasteiger partial charge on any atom is 0.408 e. The molecule has 1 amide bonds. The summed E-state index contributed by atoms with van der Waals surface area (Å²) in [5.41, 5.74) is 1.28. The molecule has 0 radical (unpaired) electrons. The van der Waals surface area contributed by atoms with Crippen molar-refractivity contribution < 1.29 is 33.9 Å². The Morgan fingerprint density at radius 3 is 2.26 bits per heavy atom. The molecule has 0 aliphatic heterocycles. The molecule has 3 N–H and O–H groups in total. The first-order chi connectivity index (χ1) is 18.4. The first kappa shape index (κ1) is 35.5. The van der Waals surface area contributed by atoms with Crippen molar-refractivity contribution in [2.75, 3.05) is 39.2 Å². The number of alkyl carbamates (subject to hydrolysis) is 1. The molecule has 0 saturated carbocycles. The van der Waals surface area contributed by atoms with Gasteiger partial charge in [-0.15, -0.1) is 0 Å². The lowest BCUT2D eigenvalue weighted by Crippen LogP contribution is -2.88. The van der Waals surface area contributed by atoms with Gasteiger partial charge in [-0.05, 0) is 37.6 Å². The number of methoxy groups -OCH3 is 1. The Kier molecular flexibility index (Phi) is 21.0. The Labute approximate surface area is 236 Å². The van der Waals surface area contributed by atoms with Gasteiger partial charge < -0.3 is 24.8 Å². The second-order valence-corrected chi connectivity index (χ2v) is 8.39. The van der Waals surface area contributed by atoms with Crippen LogP contribution in [-0.4, -0.2) is 63.2 Å². The van der Waals surface area contributed by atoms with E-state index in [2.05, 4.69) is 21.2 Å². The average Bonchev–Trinajstić information content (AvgIpc) is 2.93. The molecular weight excluding hydrogens is 552 g/mol. The standard InChI is InChI=1S/C28H42N2O6.CH3Br/c1-6-13-22(14-7-2)24(31)19-29-20-25(21(8-3)9-4)36-27(32)26(23-15-11-10-12-16-23)30-28(33)35-18-17-34-5;1-2/h6,10-16,21,25-26,29H,7-9,17-20H2,1-5H3,(H,30,33);1H3/p+1/b13-6-,22-14+;/t25-,26?;/m0./s1. The summed E-state index contributed by atoms with van der Waals surface area (Å²) in [6, 6.07) is 7.89. The molecule has 0 saturated heterocycles. The van der Waals surface area contributed by atoms with Crippen LogP contribution in [0.4, 0.5) is 4.79 Å². The van der Waals surface area contributed by atoms with Crippen molar-refractivity contribution >= 4 is 33.8 Å². The molecule has 2 atom stereocenters. The van der Waals surface area contributed by atoms with E-state index in [0.29, 0.717) is 17.7 Å². The maximum atomic E-state index is 13.3. The van der Waals surface area contributed by atoms with E-state index in [0.717, 1.165) is 19.3 Å². The molecule has 0 aromatic heterocycles. The summed E-state index contributed by atoms with van der Waals surface area (Å²) in [6.07, 6.45) is 6.85. The van der Waals surface area contributed by atoms with Crippen LogP contribution in [0.3, 0.4) is 0 Å². The number of hydrogen-bond acceptors (Lipinski definition) is 6. The zero-order valence-electron chi connectivity index (χ0n) is 23.7. The molecule has 38 heavy (non-hydrogen) atoms. The molecule has 0 heterocycles. The van der Waals surface area contributed by atoms with Gasteiger partial charge in [0.25, 0.3) is 0 Å². The van der Waals surface area contributed by atoms with Crippen LogP contribution in [0.2, 0.25) is 0 Å². The number of benzene rings is 1. The van der Waals surface area contributed by atoms with Crippen LogP contribution in [0, 0.1) is 5.92 Å². The highest BCUT2D eigenvalue weighted by Gasteiger charge is 2.31. The monoisotopic (exact) mass is 597 g/mol. The Morgan fingerprint density at radius 1 is 1.05 bits per heavy atom. The summed E-state index contributed by atoms with van der Waals surface area (Å²) in [5, 5.41) is 4.50. The van der Waals surface area contributed by atoms with Gasteiger partial charge in [0.05, 0.1) is 6.61 Å². The molecule has 0 aliphatic carbocycles. The van der Waals surface area contributed by atoms with Crippen molar-refractivity contribution in [1.82, 2.24) is 5.32 Å². The van der Waals surface area contributed by atoms with Crippen molar-refractivity contribution in [3.05, 3.63) is 59.7 Å². The molecule has 0 fully saturated rings. The van der Waals surface area contributed by atoms with E-state index < -0.39 is 24.2 Å². The molecule has 0 spiro atoms. The molecule has 8 nitrogen and oxygen atoms in total. The second kappa shape index (κ2) is 22.5. The highest BCUT2D eigenvalue weighted by atomic mass is 79.9. The van der Waals surface area contributed by atoms with Gasteiger partial charge in [0.15, 0.2) is 12.1 Å². The lowest BCUT2D eigenvalue weighted by molar-refractivity contribution is -0.650. The van der Waals surface area contributed by atoms with Crippen LogP contribution in [0.25, 0.3) is 0 Å². The Bertz CT molecular complexity index is 856. The van der Waals surface area contributed by atoms with Gasteiger partial charge in [-0.25, -0.2) is 9.59 Å². The zero-order valence-corrected chi connectivity index (χ0v) is 25.3. The fraction of sp³-hybridized carbons (Fsp3) is 0.552. The number of carbonyl (C=O) groups excluding carboxylic acids is 3. The van der Waals surface area contributed by atoms with E-state index in [1.807, 2.05) is 63.1 Å². The normalized spacial score (nSPS) is 12.9. The Balaban J connectivity index is 0.00000667. The summed E-state index contributed by atoms with van der Waals surface area (Å²) >= 11 is 2.94. The molecule has 1 unspecified atom stereocenters. The average molecular weight is 599 g/mol. The van der Waals surface area contributed by atoms with Crippen LogP contribution in [0.1, 0.15) is 58.6 Å². The fourth-order valence-corrected chi connectivity index (χ4v) is 3.84. The molecule has 214 valence electrons. The van der Waals surface area contributed by atoms with Gasteiger partial charge in [-0.2, -0.15) is 0 Å². The minimum absolute atomic E-state index is 0.0345. The summed E-state index contributed by atoms with van der Waals surface area (Å²) < 4.78 is 16.0. The first-order valence-corrected chi connectivity index (χ1v) is 14.7. The topological polar surface area (TPSA) is 108 Å². The maximum absolute atomic E-state index is 13.3. The number of esters is 1. The van der Waals surface area contributed by atoms with E-state index >= 15 is 0 Å². The number of ether oxygens (including phenoxy) is 3. The fourth-order valence-electron chi connectivity index (χ4n) is 3.84. The summed E-state index contributed by atoms with van der Waals surface area (Å²) in [7, 11) is 1.51. The second-order valence-electron chi connectivity index (χ2n) is 8.39. The highest BCUT2D eigenvalue weighted by molar-refractivity contribution is 9.08. The predicted octanol–water partition coefficient (Wildman–Crippen LogP) is 4.50. The van der Waals surface area contributed by atoms with E-state index in [9.17, 15) is 14.4 Å². The minimum atomic E-state index is -1.02. The largest absolute Gasteiger partial charge is 0.454 e. The number of Topliss-reactive ketones (excluding diaryl/α,β-unsaturated/α-hetero) is 1. The number of carbonyl (C=O) groups is 3. The highest BCUT2D eigenvalue weighted by Crippen LogP contribution is 2.20. The number of rotatable bonds is 17. The molecule has 1 rings (SSSR count). The van der Waals surface area contributed by atoms with Crippen LogP contribution >= 0.6 is 15.9 Å². The predicted molar refractivity (Wildman–Crippen MR) is 154 cm³/mol. The number of nitrogens with two attached hydrogens (primary N) is 1. The number of amides is 1. The van der Waals surface area contributed by atoms with Crippen molar-refractivity contribution in [2.24, 2.45) is 5.92 Å². The molecule has 0 bridgehead atoms. The van der Waals surface area contributed by atoms with Crippen molar-refractivity contribution in [2.45, 2.75) is 59.1 Å². The van der Waals surface area contributed by atoms with Crippen LogP contribution < -0.4 is 10.6 Å². The van der Waals surface area contributed by atoms with Crippen molar-refractivity contribution in [1.29, 1.82) is 0 Å². The third-order valence-electron chi connectivity index (χ3n) is 5.81. The van der Waals surface area contributed by atoms with Crippen LogP contribution in [0.5, 0.6) is 0 Å². The number of halogens is 1. The van der Waals surface area contributed by atoms with Gasteiger partial charge in [0.2, 0.25) is 5.78 Å². The molecule has 1 aromatic rings. The van der Waals surface area contributed by atoms with E-state index in [-0.39, 0.29) is 31.5 Å². The molecule has 9 heteroatoms. The van der Waals surface area contributed by atoms with E-state index in [1.165, 1.54) is 7.11 Å². The van der Waals surface area contributed by atoms with Gasteiger partial charge in [-0.1, -0.05) is 85.3 Å². The summed E-state index contributed by atoms with van der Waals surface area (Å²) in [6.45, 7) is 9.00. The number of allylic oxidation sites excluding steroid dienone is 3. The number of nitrogens with one attached hydrogen (secondary N) is 1. The smallest absolute Gasteiger partial charge is 0.408 e. The lowest BCUT2D eigenvalue weighted by atomic mass is 9.96. The van der Waals surface area contributed by atoms with E-state index in [4.69, 9.17) is 14.2 Å². The van der Waals surface area contributed by atoms with Gasteiger partial charge in [-0.3, -0.25) is 4.79 Å². The number of hydrogen-bond donors (Lipinski definition) is 2. The lowest BCUT2D eigenvalue weighted by Gasteiger charge is -2.26. The van der Waals surface area contributed by atoms with Gasteiger partial charge >= 0.3 is 12.1 Å². The third-order valence-corrected chi connectivity index (χ3v) is 5.81. The minimum Gasteiger partial charge on any atom is -0.454 e. The Morgan fingerprint density at radius 2 is 1.71 bits per heavy atom. The first-order valence-electron chi connectivity index (χ1n) is 13.1. The van der Waals surface area contributed by atoms with Gasteiger partial charge in [0, 0.05) is 18.6 Å². The number of ketones is 1. The summed E-state index contributed by atoms with van der Waals surface area (Å²) in [4.78, 5) is 38.2. The third kappa shape index (κ3) is 13.9.